The Balaban J connectivity index is 0.00000312. The summed E-state index contributed by atoms with van der Waals surface area (Å²) in [4.78, 5) is -0.0195. The van der Waals surface area contributed by atoms with Crippen LogP contribution in [0.3, 0.4) is 0 Å². The van der Waals surface area contributed by atoms with Crippen molar-refractivity contribution in [3.8, 4) is 0 Å². The first-order valence-electron chi connectivity index (χ1n) is 8.24. The van der Waals surface area contributed by atoms with Crippen molar-refractivity contribution in [3.63, 3.8) is 0 Å². The van der Waals surface area contributed by atoms with E-state index in [4.69, 9.17) is 5.73 Å². The number of hydrogen-bond donors (Lipinski definition) is 2. The first kappa shape index (κ1) is 22.4. The molecule has 2 unspecified atom stereocenters. The van der Waals surface area contributed by atoms with Crippen LogP contribution in [-0.2, 0) is 19.9 Å². The zero-order valence-corrected chi connectivity index (χ0v) is 17.0. The summed E-state index contributed by atoms with van der Waals surface area (Å²) < 4.78 is 52.4. The Kier molecular flexibility index (Phi) is 7.47. The standard InChI is InChI=1S/C16H26N2O4S2.ClH/c1-3-23(19,20)14-8-6-9-15(11-14)24(21,22)18-16(12-17)10-5-4-7-13(16)2;/h6,8-9,11,13,18H,3-5,7,10,12,17H2,1-2H3;1H. The number of hydrogen-bond acceptors (Lipinski definition) is 5. The van der Waals surface area contributed by atoms with Crippen LogP contribution in [-0.4, -0.2) is 34.7 Å². The van der Waals surface area contributed by atoms with Gasteiger partial charge < -0.3 is 5.73 Å². The molecule has 0 radical (unpaired) electrons. The van der Waals surface area contributed by atoms with Gasteiger partial charge in [0.15, 0.2) is 9.84 Å². The van der Waals surface area contributed by atoms with Gasteiger partial charge >= 0.3 is 0 Å². The van der Waals surface area contributed by atoms with Crippen LogP contribution in [0, 0.1) is 5.92 Å². The highest BCUT2D eigenvalue weighted by atomic mass is 35.5. The Morgan fingerprint density at radius 1 is 1.20 bits per heavy atom. The number of nitrogens with one attached hydrogen (secondary N) is 1. The minimum absolute atomic E-state index is 0. The maximum absolute atomic E-state index is 12.8. The van der Waals surface area contributed by atoms with Crippen LogP contribution in [0.1, 0.15) is 39.5 Å². The number of rotatable bonds is 6. The summed E-state index contributed by atoms with van der Waals surface area (Å²) in [5.74, 6) is 0.0573. The third-order valence-electron chi connectivity index (χ3n) is 5.01. The first-order valence-corrected chi connectivity index (χ1v) is 11.4. The molecule has 0 aromatic heterocycles. The molecule has 1 aromatic carbocycles. The first-order chi connectivity index (χ1) is 11.2. The monoisotopic (exact) mass is 410 g/mol. The van der Waals surface area contributed by atoms with Gasteiger partial charge in [0.2, 0.25) is 10.0 Å². The topological polar surface area (TPSA) is 106 Å². The molecule has 1 saturated carbocycles. The van der Waals surface area contributed by atoms with Gasteiger partial charge in [-0.05, 0) is 37.0 Å². The molecule has 3 N–H and O–H groups in total. The highest BCUT2D eigenvalue weighted by Crippen LogP contribution is 2.34. The molecule has 0 amide bonds. The maximum atomic E-state index is 12.8. The average Bonchev–Trinajstić information content (AvgIpc) is 2.57. The summed E-state index contributed by atoms with van der Waals surface area (Å²) >= 11 is 0. The second kappa shape index (κ2) is 8.35. The van der Waals surface area contributed by atoms with E-state index in [-0.39, 0.29) is 40.4 Å². The van der Waals surface area contributed by atoms with Crippen LogP contribution in [0.5, 0.6) is 0 Å². The lowest BCUT2D eigenvalue weighted by atomic mass is 9.74. The molecule has 0 aliphatic heterocycles. The molecule has 1 aliphatic rings. The molecule has 0 bridgehead atoms. The van der Waals surface area contributed by atoms with E-state index in [9.17, 15) is 16.8 Å². The predicted octanol–water partition coefficient (Wildman–Crippen LogP) is 2.09. The van der Waals surface area contributed by atoms with Gasteiger partial charge in [-0.1, -0.05) is 32.8 Å². The second-order valence-electron chi connectivity index (χ2n) is 6.49. The van der Waals surface area contributed by atoms with Gasteiger partial charge in [0.25, 0.3) is 0 Å². The minimum Gasteiger partial charge on any atom is -0.329 e. The fourth-order valence-electron chi connectivity index (χ4n) is 3.24. The summed E-state index contributed by atoms with van der Waals surface area (Å²) in [5.41, 5.74) is 5.24. The highest BCUT2D eigenvalue weighted by molar-refractivity contribution is 7.91. The van der Waals surface area contributed by atoms with E-state index in [2.05, 4.69) is 4.72 Å². The smallest absolute Gasteiger partial charge is 0.241 e. The lowest BCUT2D eigenvalue weighted by Gasteiger charge is -2.42. The van der Waals surface area contributed by atoms with Crippen LogP contribution in [0.4, 0.5) is 0 Å². The Morgan fingerprint density at radius 2 is 1.84 bits per heavy atom. The molecule has 1 aromatic rings. The number of benzene rings is 1. The second-order valence-corrected chi connectivity index (χ2v) is 10.5. The molecule has 1 fully saturated rings. The molecule has 144 valence electrons. The zero-order chi connectivity index (χ0) is 18.0. The van der Waals surface area contributed by atoms with Gasteiger partial charge in [0.1, 0.15) is 0 Å². The number of sulfonamides is 1. The van der Waals surface area contributed by atoms with E-state index < -0.39 is 25.4 Å². The van der Waals surface area contributed by atoms with Gasteiger partial charge in [-0.2, -0.15) is 0 Å². The quantitative estimate of drug-likeness (QED) is 0.746. The van der Waals surface area contributed by atoms with Gasteiger partial charge in [0, 0.05) is 12.1 Å². The van der Waals surface area contributed by atoms with Crippen molar-refractivity contribution in [2.45, 2.75) is 54.9 Å². The molecular formula is C16H27ClN2O4S2. The van der Waals surface area contributed by atoms with E-state index in [1.54, 1.807) is 0 Å². The normalized spacial score (nSPS) is 24.5. The van der Waals surface area contributed by atoms with Crippen LogP contribution >= 0.6 is 12.4 Å². The van der Waals surface area contributed by atoms with Crippen LogP contribution in [0.2, 0.25) is 0 Å². The average molecular weight is 411 g/mol. The van der Waals surface area contributed by atoms with Crippen molar-refractivity contribution >= 4 is 32.3 Å². The van der Waals surface area contributed by atoms with E-state index in [1.807, 2.05) is 6.92 Å². The number of sulfone groups is 1. The molecule has 0 saturated heterocycles. The van der Waals surface area contributed by atoms with Gasteiger partial charge in [0.05, 0.1) is 15.5 Å². The third kappa shape index (κ3) is 4.74. The lowest BCUT2D eigenvalue weighted by Crippen LogP contribution is -2.58. The molecule has 9 heteroatoms. The predicted molar refractivity (Wildman–Crippen MR) is 101 cm³/mol. The highest BCUT2D eigenvalue weighted by Gasteiger charge is 2.40. The third-order valence-corrected chi connectivity index (χ3v) is 8.29. The summed E-state index contributed by atoms with van der Waals surface area (Å²) in [5, 5.41) is 0. The molecule has 0 spiro atoms. The van der Waals surface area contributed by atoms with Crippen LogP contribution < -0.4 is 10.5 Å². The Labute approximate surface area is 157 Å². The van der Waals surface area contributed by atoms with Crippen molar-refractivity contribution in [2.24, 2.45) is 11.7 Å². The molecular weight excluding hydrogens is 384 g/mol. The summed E-state index contributed by atoms with van der Waals surface area (Å²) in [6.07, 6.45) is 3.60. The number of nitrogens with two attached hydrogens (primary N) is 1. The molecule has 1 aliphatic carbocycles. The molecule has 2 rings (SSSR count). The fourth-order valence-corrected chi connectivity index (χ4v) is 5.82. The Bertz CT molecular complexity index is 796. The Hall–Kier alpha value is -0.670. The van der Waals surface area contributed by atoms with Crippen molar-refractivity contribution in [1.29, 1.82) is 0 Å². The summed E-state index contributed by atoms with van der Waals surface area (Å²) in [6, 6.07) is 5.50. The molecule has 0 heterocycles. The zero-order valence-electron chi connectivity index (χ0n) is 14.6. The van der Waals surface area contributed by atoms with Crippen molar-refractivity contribution in [2.75, 3.05) is 12.3 Å². The van der Waals surface area contributed by atoms with Crippen LogP contribution in [0.15, 0.2) is 34.1 Å². The summed E-state index contributed by atoms with van der Waals surface area (Å²) in [7, 11) is -7.31. The lowest BCUT2D eigenvalue weighted by molar-refractivity contribution is 0.191. The van der Waals surface area contributed by atoms with E-state index in [0.29, 0.717) is 6.42 Å². The van der Waals surface area contributed by atoms with E-state index in [0.717, 1.165) is 19.3 Å². The van der Waals surface area contributed by atoms with Crippen molar-refractivity contribution < 1.29 is 16.8 Å². The molecule has 25 heavy (non-hydrogen) atoms. The SMILES string of the molecule is CCS(=O)(=O)c1cccc(S(=O)(=O)NC2(CN)CCCCC2C)c1.Cl. The van der Waals surface area contributed by atoms with Gasteiger partial charge in [-0.15, -0.1) is 12.4 Å². The van der Waals surface area contributed by atoms with E-state index >= 15 is 0 Å². The molecule has 6 nitrogen and oxygen atoms in total. The number of halogens is 1. The van der Waals surface area contributed by atoms with Crippen molar-refractivity contribution in [1.82, 2.24) is 4.72 Å². The van der Waals surface area contributed by atoms with Gasteiger partial charge in [-0.25, -0.2) is 21.6 Å². The summed E-state index contributed by atoms with van der Waals surface area (Å²) in [6.45, 7) is 3.76. The van der Waals surface area contributed by atoms with E-state index in [1.165, 1.54) is 31.2 Å². The van der Waals surface area contributed by atoms with Gasteiger partial charge in [-0.3, -0.25) is 0 Å². The van der Waals surface area contributed by atoms with Crippen molar-refractivity contribution in [3.05, 3.63) is 24.3 Å². The maximum Gasteiger partial charge on any atom is 0.241 e. The largest absolute Gasteiger partial charge is 0.329 e. The minimum atomic E-state index is -3.85. The van der Waals surface area contributed by atoms with Crippen LogP contribution in [0.25, 0.3) is 0 Å². The Morgan fingerprint density at radius 3 is 2.40 bits per heavy atom. The molecule has 2 atom stereocenters. The fraction of sp³-hybridized carbons (Fsp3) is 0.625.